The number of benzene rings is 2. The van der Waals surface area contributed by atoms with E-state index in [9.17, 15) is 0 Å². The van der Waals surface area contributed by atoms with E-state index in [-0.39, 0.29) is 0 Å². The summed E-state index contributed by atoms with van der Waals surface area (Å²) in [4.78, 5) is 2.44. The first-order valence-corrected chi connectivity index (χ1v) is 8.16. The Kier molecular flexibility index (Phi) is 3.38. The highest BCUT2D eigenvalue weighted by Crippen LogP contribution is 2.44. The number of allylic oxidation sites excluding steroid dienone is 2. The molecule has 2 aromatic rings. The van der Waals surface area contributed by atoms with Gasteiger partial charge in [-0.2, -0.15) is 0 Å². The largest absolute Gasteiger partial charge is 0.399 e. The molecule has 2 nitrogen and oxygen atoms in total. The van der Waals surface area contributed by atoms with Gasteiger partial charge in [-0.25, -0.2) is 0 Å². The van der Waals surface area contributed by atoms with E-state index >= 15 is 0 Å². The van der Waals surface area contributed by atoms with E-state index in [1.165, 1.54) is 24.2 Å². The van der Waals surface area contributed by atoms with Crippen LogP contribution in [-0.4, -0.2) is 6.54 Å². The number of nitrogen functional groups attached to an aromatic ring is 1. The van der Waals surface area contributed by atoms with Gasteiger partial charge in [-0.1, -0.05) is 30.4 Å². The first-order chi connectivity index (χ1) is 10.8. The molecular formula is C20H22N2. The molecule has 1 saturated carbocycles. The van der Waals surface area contributed by atoms with Crippen molar-refractivity contribution in [2.75, 3.05) is 17.2 Å². The van der Waals surface area contributed by atoms with Gasteiger partial charge in [0.05, 0.1) is 0 Å². The lowest BCUT2D eigenvalue weighted by Crippen LogP contribution is -2.27. The summed E-state index contributed by atoms with van der Waals surface area (Å²) in [7, 11) is 0. The van der Waals surface area contributed by atoms with Gasteiger partial charge >= 0.3 is 0 Å². The Morgan fingerprint density at radius 3 is 2.23 bits per heavy atom. The highest BCUT2D eigenvalue weighted by Gasteiger charge is 2.36. The van der Waals surface area contributed by atoms with Crippen LogP contribution in [0.25, 0.3) is 0 Å². The van der Waals surface area contributed by atoms with E-state index in [2.05, 4.69) is 59.5 Å². The van der Waals surface area contributed by atoms with Crippen LogP contribution in [0.1, 0.15) is 12.8 Å². The van der Waals surface area contributed by atoms with Gasteiger partial charge < -0.3 is 10.6 Å². The minimum absolute atomic E-state index is 0.757. The van der Waals surface area contributed by atoms with Crippen molar-refractivity contribution in [1.82, 2.24) is 0 Å². The van der Waals surface area contributed by atoms with Gasteiger partial charge in [-0.05, 0) is 67.0 Å². The van der Waals surface area contributed by atoms with Crippen LogP contribution >= 0.6 is 0 Å². The van der Waals surface area contributed by atoms with Crippen molar-refractivity contribution < 1.29 is 0 Å². The van der Waals surface area contributed by atoms with Gasteiger partial charge in [0.2, 0.25) is 0 Å². The highest BCUT2D eigenvalue weighted by atomic mass is 15.1. The summed E-state index contributed by atoms with van der Waals surface area (Å²) >= 11 is 0. The Balaban J connectivity index is 1.63. The number of fused-ring (bicyclic) bond motifs is 2. The predicted octanol–water partition coefficient (Wildman–Crippen LogP) is 4.62. The van der Waals surface area contributed by atoms with Crippen molar-refractivity contribution in [3.63, 3.8) is 0 Å². The average Bonchev–Trinajstić information content (AvgIpc) is 3.17. The molecule has 4 rings (SSSR count). The average molecular weight is 290 g/mol. The molecule has 2 aliphatic carbocycles. The molecular weight excluding hydrogens is 268 g/mol. The molecule has 2 bridgehead atoms. The quantitative estimate of drug-likeness (QED) is 0.657. The summed E-state index contributed by atoms with van der Waals surface area (Å²) in [5.41, 5.74) is 9.16. The number of rotatable bonds is 4. The second-order valence-electron chi connectivity index (χ2n) is 6.58. The van der Waals surface area contributed by atoms with E-state index in [4.69, 9.17) is 5.73 Å². The first kappa shape index (κ1) is 13.4. The molecule has 0 aliphatic heterocycles. The van der Waals surface area contributed by atoms with Gasteiger partial charge in [0, 0.05) is 23.6 Å². The number of nitrogens with two attached hydrogens (primary N) is 1. The number of nitrogens with zero attached hydrogens (tertiary/aromatic N) is 1. The van der Waals surface area contributed by atoms with E-state index in [0.29, 0.717) is 0 Å². The van der Waals surface area contributed by atoms with Gasteiger partial charge in [-0.3, -0.25) is 0 Å². The smallest absolute Gasteiger partial charge is 0.0412 e. The van der Waals surface area contributed by atoms with Crippen LogP contribution in [-0.2, 0) is 0 Å². The van der Waals surface area contributed by atoms with E-state index in [1.807, 2.05) is 12.1 Å². The van der Waals surface area contributed by atoms with Gasteiger partial charge in [0.15, 0.2) is 0 Å². The van der Waals surface area contributed by atoms with Gasteiger partial charge in [0.1, 0.15) is 0 Å². The van der Waals surface area contributed by atoms with E-state index in [1.54, 1.807) is 0 Å². The molecule has 0 saturated heterocycles. The maximum Gasteiger partial charge on any atom is 0.0412 e. The SMILES string of the molecule is Nc1ccc(N(CC2CC3C=CC2C3)c2ccccc2)cc1. The summed E-state index contributed by atoms with van der Waals surface area (Å²) < 4.78 is 0. The minimum Gasteiger partial charge on any atom is -0.399 e. The topological polar surface area (TPSA) is 29.3 Å². The predicted molar refractivity (Wildman–Crippen MR) is 93.1 cm³/mol. The lowest BCUT2D eigenvalue weighted by Gasteiger charge is -2.30. The highest BCUT2D eigenvalue weighted by molar-refractivity contribution is 5.65. The first-order valence-electron chi connectivity index (χ1n) is 8.16. The number of hydrogen-bond donors (Lipinski definition) is 1. The molecule has 2 aliphatic rings. The summed E-state index contributed by atoms with van der Waals surface area (Å²) in [6.07, 6.45) is 7.54. The third-order valence-electron chi connectivity index (χ3n) is 5.11. The monoisotopic (exact) mass is 290 g/mol. The van der Waals surface area contributed by atoms with Crippen LogP contribution in [0.3, 0.4) is 0 Å². The standard InChI is InChI=1S/C20H22N2/c21-18-8-10-20(11-9-18)22(19-4-2-1-3-5-19)14-17-13-15-6-7-16(17)12-15/h1-11,15-17H,12-14,21H2. The van der Waals surface area contributed by atoms with Crippen molar-refractivity contribution in [1.29, 1.82) is 0 Å². The van der Waals surface area contributed by atoms with Crippen LogP contribution in [0.15, 0.2) is 66.7 Å². The van der Waals surface area contributed by atoms with Crippen molar-refractivity contribution >= 4 is 17.1 Å². The van der Waals surface area contributed by atoms with Crippen molar-refractivity contribution in [3.8, 4) is 0 Å². The Hall–Kier alpha value is -2.22. The number of para-hydroxylation sites is 1. The van der Waals surface area contributed by atoms with Crippen molar-refractivity contribution in [2.45, 2.75) is 12.8 Å². The van der Waals surface area contributed by atoms with Crippen LogP contribution in [0, 0.1) is 17.8 Å². The molecule has 0 heterocycles. The molecule has 0 amide bonds. The summed E-state index contributed by atoms with van der Waals surface area (Å²) in [5, 5.41) is 0. The molecule has 1 fully saturated rings. The van der Waals surface area contributed by atoms with Gasteiger partial charge in [-0.15, -0.1) is 0 Å². The fourth-order valence-corrected chi connectivity index (χ4v) is 3.96. The summed E-state index contributed by atoms with van der Waals surface area (Å²) in [6, 6.07) is 18.9. The Bertz CT molecular complexity index is 660. The second kappa shape index (κ2) is 5.53. The Morgan fingerprint density at radius 1 is 0.864 bits per heavy atom. The molecule has 0 radical (unpaired) electrons. The molecule has 0 spiro atoms. The number of anilines is 3. The molecule has 3 atom stereocenters. The van der Waals surface area contributed by atoms with Crippen LogP contribution in [0.4, 0.5) is 17.1 Å². The molecule has 2 N–H and O–H groups in total. The normalized spacial score (nSPS) is 25.5. The fraction of sp³-hybridized carbons (Fsp3) is 0.300. The second-order valence-corrected chi connectivity index (χ2v) is 6.58. The lowest BCUT2D eigenvalue weighted by atomic mass is 9.92. The van der Waals surface area contributed by atoms with Crippen molar-refractivity contribution in [3.05, 3.63) is 66.7 Å². The lowest BCUT2D eigenvalue weighted by molar-refractivity contribution is 0.456. The molecule has 22 heavy (non-hydrogen) atoms. The zero-order valence-electron chi connectivity index (χ0n) is 12.7. The van der Waals surface area contributed by atoms with Crippen molar-refractivity contribution in [2.24, 2.45) is 17.8 Å². The number of hydrogen-bond acceptors (Lipinski definition) is 2. The zero-order valence-corrected chi connectivity index (χ0v) is 12.7. The molecule has 3 unspecified atom stereocenters. The Morgan fingerprint density at radius 2 is 1.59 bits per heavy atom. The van der Waals surface area contributed by atoms with Crippen LogP contribution in [0.2, 0.25) is 0 Å². The fourth-order valence-electron chi connectivity index (χ4n) is 3.96. The van der Waals surface area contributed by atoms with Crippen LogP contribution in [0.5, 0.6) is 0 Å². The zero-order chi connectivity index (χ0) is 14.9. The summed E-state index contributed by atoms with van der Waals surface area (Å²) in [5.74, 6) is 2.34. The van der Waals surface area contributed by atoms with Gasteiger partial charge in [0.25, 0.3) is 0 Å². The Labute approximate surface area is 132 Å². The molecule has 2 aromatic carbocycles. The maximum absolute atomic E-state index is 5.85. The van der Waals surface area contributed by atoms with Crippen LogP contribution < -0.4 is 10.6 Å². The minimum atomic E-state index is 0.757. The third-order valence-corrected chi connectivity index (χ3v) is 5.11. The maximum atomic E-state index is 5.85. The molecule has 2 heteroatoms. The van der Waals surface area contributed by atoms with E-state index < -0.39 is 0 Å². The molecule has 112 valence electrons. The van der Waals surface area contributed by atoms with E-state index in [0.717, 1.165) is 30.0 Å². The molecule has 0 aromatic heterocycles. The third kappa shape index (κ3) is 2.50. The summed E-state index contributed by atoms with van der Waals surface area (Å²) in [6.45, 7) is 1.08.